The Labute approximate surface area is 177 Å². The molecule has 1 amide bonds. The normalized spacial score (nSPS) is 12.0. The van der Waals surface area contributed by atoms with Crippen LogP contribution in [0.3, 0.4) is 0 Å². The van der Waals surface area contributed by atoms with Crippen LogP contribution in [0.25, 0.3) is 0 Å². The van der Waals surface area contributed by atoms with Gasteiger partial charge in [0.1, 0.15) is 22.9 Å². The van der Waals surface area contributed by atoms with Crippen molar-refractivity contribution in [1.82, 2.24) is 14.5 Å². The van der Waals surface area contributed by atoms with Crippen molar-refractivity contribution in [3.63, 3.8) is 0 Å². The van der Waals surface area contributed by atoms with E-state index in [9.17, 15) is 22.4 Å². The number of rotatable bonds is 10. The van der Waals surface area contributed by atoms with Gasteiger partial charge in [-0.2, -0.15) is 0 Å². The minimum atomic E-state index is -4.17. The first-order valence-corrected chi connectivity index (χ1v) is 10.8. The van der Waals surface area contributed by atoms with Gasteiger partial charge in [0.05, 0.1) is 0 Å². The Morgan fingerprint density at radius 1 is 1.23 bits per heavy atom. The van der Waals surface area contributed by atoms with Crippen LogP contribution in [0.1, 0.15) is 31.1 Å². The second-order valence-corrected chi connectivity index (χ2v) is 9.64. The molecule has 0 radical (unpaired) electrons. The number of nitrogens with zero attached hydrogens (tertiary/aromatic N) is 2. The molecule has 1 rings (SSSR count). The molecular weight excluding hydrogens is 413 g/mol. The molecule has 0 aliphatic carbocycles. The first-order chi connectivity index (χ1) is 13.8. The van der Waals surface area contributed by atoms with Crippen LogP contribution in [0.4, 0.5) is 4.39 Å². The van der Waals surface area contributed by atoms with E-state index in [0.717, 1.165) is 12.1 Å². The molecule has 10 heteroatoms. The van der Waals surface area contributed by atoms with E-state index in [2.05, 4.69) is 11.3 Å². The van der Waals surface area contributed by atoms with E-state index in [-0.39, 0.29) is 25.2 Å². The predicted octanol–water partition coefficient (Wildman–Crippen LogP) is 1.64. The van der Waals surface area contributed by atoms with Gasteiger partial charge in [-0.1, -0.05) is 6.08 Å². The van der Waals surface area contributed by atoms with Gasteiger partial charge in [-0.05, 0) is 53.1 Å². The SMILES string of the molecule is C=CCNS(=O)(=O)c1cc(C(=O)N(CCN(C)C)CC(=O)OC(C)(C)C)ccc1F. The van der Waals surface area contributed by atoms with Gasteiger partial charge in [-0.25, -0.2) is 17.5 Å². The number of benzene rings is 1. The topological polar surface area (TPSA) is 96.0 Å². The van der Waals surface area contributed by atoms with Gasteiger partial charge in [0.2, 0.25) is 10.0 Å². The van der Waals surface area contributed by atoms with E-state index in [1.54, 1.807) is 20.8 Å². The zero-order chi connectivity index (χ0) is 23.1. The van der Waals surface area contributed by atoms with Crippen LogP contribution in [0.2, 0.25) is 0 Å². The van der Waals surface area contributed by atoms with E-state index >= 15 is 0 Å². The van der Waals surface area contributed by atoms with E-state index in [4.69, 9.17) is 4.74 Å². The minimum Gasteiger partial charge on any atom is -0.459 e. The minimum absolute atomic E-state index is 0.0577. The molecule has 30 heavy (non-hydrogen) atoms. The highest BCUT2D eigenvalue weighted by Crippen LogP contribution is 2.18. The van der Waals surface area contributed by atoms with Crippen LogP contribution < -0.4 is 4.72 Å². The van der Waals surface area contributed by atoms with Gasteiger partial charge >= 0.3 is 5.97 Å². The van der Waals surface area contributed by atoms with Crippen molar-refractivity contribution in [1.29, 1.82) is 0 Å². The number of nitrogens with one attached hydrogen (secondary N) is 1. The Morgan fingerprint density at radius 2 is 1.87 bits per heavy atom. The second-order valence-electron chi connectivity index (χ2n) is 7.90. The van der Waals surface area contributed by atoms with E-state index in [1.165, 1.54) is 17.0 Å². The van der Waals surface area contributed by atoms with Crippen molar-refractivity contribution in [2.45, 2.75) is 31.3 Å². The average molecular weight is 444 g/mol. The van der Waals surface area contributed by atoms with E-state index in [0.29, 0.717) is 6.54 Å². The maximum absolute atomic E-state index is 14.2. The molecule has 0 unspecified atom stereocenters. The fourth-order valence-electron chi connectivity index (χ4n) is 2.37. The summed E-state index contributed by atoms with van der Waals surface area (Å²) in [7, 11) is -0.555. The zero-order valence-electron chi connectivity index (χ0n) is 18.1. The number of amides is 1. The standard InChI is InChI=1S/C20H30FN3O5S/c1-7-10-22-30(27,28)17-13-15(8-9-16(17)21)19(26)24(12-11-23(5)6)14-18(25)29-20(2,3)4/h7-9,13,22H,1,10-12,14H2,2-6H3. The third-order valence-corrected chi connectivity index (χ3v) is 5.17. The molecule has 0 fully saturated rings. The van der Waals surface area contributed by atoms with Crippen molar-refractivity contribution in [2.75, 3.05) is 40.3 Å². The first-order valence-electron chi connectivity index (χ1n) is 9.33. The summed E-state index contributed by atoms with van der Waals surface area (Å²) in [5, 5.41) is 0. The van der Waals surface area contributed by atoms with E-state index in [1.807, 2.05) is 19.0 Å². The fraction of sp³-hybridized carbons (Fsp3) is 0.500. The molecule has 0 atom stereocenters. The predicted molar refractivity (Wildman–Crippen MR) is 112 cm³/mol. The molecule has 1 aromatic rings. The number of carbonyl (C=O) groups is 2. The highest BCUT2D eigenvalue weighted by Gasteiger charge is 2.26. The molecule has 0 aliphatic rings. The lowest BCUT2D eigenvalue weighted by Crippen LogP contribution is -2.42. The quantitative estimate of drug-likeness (QED) is 0.436. The lowest BCUT2D eigenvalue weighted by atomic mass is 10.2. The molecule has 0 bridgehead atoms. The summed E-state index contributed by atoms with van der Waals surface area (Å²) in [5.41, 5.74) is -0.779. The summed E-state index contributed by atoms with van der Waals surface area (Å²) in [6.45, 7) is 8.79. The molecule has 0 spiro atoms. The third kappa shape index (κ3) is 8.21. The molecule has 0 saturated carbocycles. The van der Waals surface area contributed by atoms with Gasteiger partial charge in [0, 0.05) is 25.2 Å². The van der Waals surface area contributed by atoms with Gasteiger partial charge in [-0.3, -0.25) is 9.59 Å². The molecule has 0 saturated heterocycles. The number of ether oxygens (including phenoxy) is 1. The summed E-state index contributed by atoms with van der Waals surface area (Å²) < 4.78 is 46.2. The van der Waals surface area contributed by atoms with Crippen molar-refractivity contribution < 1.29 is 27.1 Å². The largest absolute Gasteiger partial charge is 0.459 e. The number of carbonyl (C=O) groups excluding carboxylic acids is 2. The van der Waals surface area contributed by atoms with Gasteiger partial charge in [-0.15, -0.1) is 6.58 Å². The molecule has 168 valence electrons. The van der Waals surface area contributed by atoms with Crippen LogP contribution >= 0.6 is 0 Å². The molecule has 0 heterocycles. The number of esters is 1. The Hall–Kier alpha value is -2.30. The Balaban J connectivity index is 3.20. The number of hydrogen-bond acceptors (Lipinski definition) is 6. The van der Waals surface area contributed by atoms with Crippen LogP contribution in [0.15, 0.2) is 35.7 Å². The van der Waals surface area contributed by atoms with Crippen molar-refractivity contribution in [2.24, 2.45) is 0 Å². The lowest BCUT2D eigenvalue weighted by Gasteiger charge is -2.26. The molecule has 8 nitrogen and oxygen atoms in total. The van der Waals surface area contributed by atoms with Gasteiger partial charge in [0.25, 0.3) is 5.91 Å². The van der Waals surface area contributed by atoms with Crippen molar-refractivity contribution in [3.8, 4) is 0 Å². The highest BCUT2D eigenvalue weighted by molar-refractivity contribution is 7.89. The third-order valence-electron chi connectivity index (χ3n) is 3.73. The maximum atomic E-state index is 14.2. The summed E-state index contributed by atoms with van der Waals surface area (Å²) >= 11 is 0. The maximum Gasteiger partial charge on any atom is 0.326 e. The lowest BCUT2D eigenvalue weighted by molar-refractivity contribution is -0.155. The van der Waals surface area contributed by atoms with Gasteiger partial charge in [0.15, 0.2) is 0 Å². The zero-order valence-corrected chi connectivity index (χ0v) is 18.9. The van der Waals surface area contributed by atoms with Crippen LogP contribution in [-0.4, -0.2) is 76.0 Å². The number of halogens is 1. The number of sulfonamides is 1. The highest BCUT2D eigenvalue weighted by atomic mass is 32.2. The average Bonchev–Trinajstić information content (AvgIpc) is 2.61. The Morgan fingerprint density at radius 3 is 2.40 bits per heavy atom. The monoisotopic (exact) mass is 443 g/mol. The van der Waals surface area contributed by atoms with Crippen LogP contribution in [0, 0.1) is 5.82 Å². The molecule has 1 N–H and O–H groups in total. The molecule has 0 aromatic heterocycles. The smallest absolute Gasteiger partial charge is 0.326 e. The first kappa shape index (κ1) is 25.7. The summed E-state index contributed by atoms with van der Waals surface area (Å²) in [6, 6.07) is 3.05. The van der Waals surface area contributed by atoms with Crippen LogP contribution in [-0.2, 0) is 19.6 Å². The Bertz CT molecular complexity index is 879. The summed E-state index contributed by atoms with van der Waals surface area (Å²) in [6.07, 6.45) is 1.31. The fourth-order valence-corrected chi connectivity index (χ4v) is 3.47. The molecule has 1 aromatic carbocycles. The van der Waals surface area contributed by atoms with Gasteiger partial charge < -0.3 is 14.5 Å². The van der Waals surface area contributed by atoms with E-state index < -0.39 is 38.2 Å². The summed E-state index contributed by atoms with van der Waals surface area (Å²) in [5.74, 6) is -2.20. The van der Waals surface area contributed by atoms with Crippen molar-refractivity contribution in [3.05, 3.63) is 42.2 Å². The van der Waals surface area contributed by atoms with Crippen LogP contribution in [0.5, 0.6) is 0 Å². The Kier molecular flexibility index (Phi) is 9.13. The number of likely N-dealkylation sites (N-methyl/N-ethyl adjacent to an activating group) is 1. The van der Waals surface area contributed by atoms with Crippen molar-refractivity contribution >= 4 is 21.9 Å². The molecule has 0 aliphatic heterocycles. The summed E-state index contributed by atoms with van der Waals surface area (Å²) in [4.78, 5) is 27.7. The molecular formula is C20H30FN3O5S. The second kappa shape index (κ2) is 10.6. The number of hydrogen-bond donors (Lipinski definition) is 1.